The Morgan fingerprint density at radius 2 is 1.32 bits per heavy atom. The maximum atomic E-state index is 2.68. The SMILES string of the molecule is Cc1cc(C)c(N2C=CN(C3CCCCCCCCCCC3)C2=C2C=CC=CCCC2)c(C)c1. The van der Waals surface area contributed by atoms with E-state index in [-0.39, 0.29) is 0 Å². The van der Waals surface area contributed by atoms with Crippen molar-refractivity contribution in [1.82, 2.24) is 4.90 Å². The number of hydrogen-bond donors (Lipinski definition) is 0. The molecule has 0 atom stereocenters. The van der Waals surface area contributed by atoms with Crippen LogP contribution in [-0.4, -0.2) is 10.9 Å². The zero-order valence-corrected chi connectivity index (χ0v) is 22.0. The summed E-state index contributed by atoms with van der Waals surface area (Å²) in [7, 11) is 0. The van der Waals surface area contributed by atoms with Gasteiger partial charge in [-0.15, -0.1) is 0 Å². The molecule has 1 saturated carbocycles. The number of rotatable bonds is 2. The molecule has 0 spiro atoms. The molecule has 0 amide bonds. The molecule has 1 fully saturated rings. The third kappa shape index (κ3) is 6.26. The topological polar surface area (TPSA) is 6.48 Å². The Hall–Kier alpha value is -2.22. The van der Waals surface area contributed by atoms with E-state index >= 15 is 0 Å². The van der Waals surface area contributed by atoms with Crippen molar-refractivity contribution < 1.29 is 0 Å². The lowest BCUT2D eigenvalue weighted by molar-refractivity contribution is 0.288. The second-order valence-electron chi connectivity index (χ2n) is 10.8. The van der Waals surface area contributed by atoms with Gasteiger partial charge in [-0.25, -0.2) is 0 Å². The van der Waals surface area contributed by atoms with Gasteiger partial charge >= 0.3 is 0 Å². The van der Waals surface area contributed by atoms with Crippen LogP contribution in [0, 0.1) is 20.8 Å². The standard InChI is InChI=1S/C32H46N2/c1-26-24-27(2)31(28(3)25-26)34-23-22-33(32(34)29-18-14-10-9-11-15-19-29)30-20-16-12-7-5-4-6-8-13-17-21-30/h9-10,14,18,22-25,30H,4-8,11-13,15-17,19-21H2,1-3H3. The first kappa shape index (κ1) is 24.9. The maximum absolute atomic E-state index is 2.68. The predicted molar refractivity (Wildman–Crippen MR) is 148 cm³/mol. The van der Waals surface area contributed by atoms with Crippen LogP contribution < -0.4 is 4.90 Å². The maximum Gasteiger partial charge on any atom is 0.120 e. The first-order valence-corrected chi connectivity index (χ1v) is 14.1. The highest BCUT2D eigenvalue weighted by Gasteiger charge is 2.30. The Bertz CT molecular complexity index is 897. The number of benzene rings is 1. The van der Waals surface area contributed by atoms with Gasteiger partial charge in [-0.05, 0) is 69.6 Å². The van der Waals surface area contributed by atoms with Crippen LogP contribution in [0.15, 0.2) is 60.2 Å². The lowest BCUT2D eigenvalue weighted by atomic mass is 9.96. The third-order valence-corrected chi connectivity index (χ3v) is 7.84. The van der Waals surface area contributed by atoms with E-state index in [0.717, 1.165) is 6.42 Å². The average molecular weight is 459 g/mol. The van der Waals surface area contributed by atoms with Crippen molar-refractivity contribution in [1.29, 1.82) is 0 Å². The zero-order chi connectivity index (χ0) is 23.8. The van der Waals surface area contributed by atoms with E-state index in [0.29, 0.717) is 6.04 Å². The van der Waals surface area contributed by atoms with E-state index in [2.05, 4.69) is 79.4 Å². The summed E-state index contributed by atoms with van der Waals surface area (Å²) in [6, 6.07) is 5.28. The minimum absolute atomic E-state index is 0.601. The van der Waals surface area contributed by atoms with Crippen molar-refractivity contribution in [2.45, 2.75) is 117 Å². The highest BCUT2D eigenvalue weighted by atomic mass is 15.4. The molecule has 0 saturated heterocycles. The van der Waals surface area contributed by atoms with Crippen LogP contribution in [0.4, 0.5) is 5.69 Å². The van der Waals surface area contributed by atoms with Crippen molar-refractivity contribution in [3.05, 3.63) is 76.9 Å². The van der Waals surface area contributed by atoms with Crippen molar-refractivity contribution >= 4 is 5.69 Å². The number of nitrogens with zero attached hydrogens (tertiary/aromatic N) is 2. The molecule has 0 N–H and O–H groups in total. The molecule has 2 heteroatoms. The molecule has 3 aliphatic rings. The number of anilines is 1. The Labute approximate surface area is 209 Å². The Morgan fingerprint density at radius 3 is 1.97 bits per heavy atom. The molecule has 0 aromatic heterocycles. The Kier molecular flexibility index (Phi) is 9.13. The van der Waals surface area contributed by atoms with E-state index in [1.165, 1.54) is 117 Å². The quantitative estimate of drug-likeness (QED) is 0.435. The second-order valence-corrected chi connectivity index (χ2v) is 10.8. The molecule has 1 aliphatic heterocycles. The normalized spacial score (nSPS) is 23.5. The minimum Gasteiger partial charge on any atom is -0.329 e. The molecule has 0 bridgehead atoms. The summed E-state index contributed by atoms with van der Waals surface area (Å²) in [4.78, 5) is 5.20. The van der Waals surface area contributed by atoms with Gasteiger partial charge in [0.1, 0.15) is 5.82 Å². The summed E-state index contributed by atoms with van der Waals surface area (Å²) in [5, 5.41) is 0. The Balaban J connectivity index is 1.70. The summed E-state index contributed by atoms with van der Waals surface area (Å²) < 4.78 is 0. The smallest absolute Gasteiger partial charge is 0.120 e. The average Bonchev–Trinajstić information content (AvgIpc) is 3.17. The van der Waals surface area contributed by atoms with Gasteiger partial charge in [0.05, 0.1) is 5.69 Å². The fourth-order valence-corrected chi connectivity index (χ4v) is 6.20. The van der Waals surface area contributed by atoms with Crippen LogP contribution in [0.2, 0.25) is 0 Å². The van der Waals surface area contributed by atoms with Gasteiger partial charge in [0, 0.05) is 18.4 Å². The van der Waals surface area contributed by atoms with Gasteiger partial charge in [-0.1, -0.05) is 99.8 Å². The minimum atomic E-state index is 0.601. The number of hydrogen-bond acceptors (Lipinski definition) is 2. The lowest BCUT2D eigenvalue weighted by Crippen LogP contribution is -2.34. The molecule has 1 heterocycles. The first-order valence-electron chi connectivity index (χ1n) is 14.1. The highest BCUT2D eigenvalue weighted by molar-refractivity contribution is 5.67. The summed E-state index contributed by atoms with van der Waals surface area (Å²) >= 11 is 0. The van der Waals surface area contributed by atoms with Crippen LogP contribution in [0.5, 0.6) is 0 Å². The van der Waals surface area contributed by atoms with Crippen molar-refractivity contribution in [3.63, 3.8) is 0 Å². The van der Waals surface area contributed by atoms with Crippen LogP contribution >= 0.6 is 0 Å². The fourth-order valence-electron chi connectivity index (χ4n) is 6.20. The molecule has 184 valence electrons. The van der Waals surface area contributed by atoms with E-state index in [9.17, 15) is 0 Å². The molecule has 0 radical (unpaired) electrons. The van der Waals surface area contributed by atoms with Gasteiger partial charge in [0.25, 0.3) is 0 Å². The number of allylic oxidation sites excluding steroid dienone is 5. The van der Waals surface area contributed by atoms with Gasteiger partial charge < -0.3 is 9.80 Å². The lowest BCUT2D eigenvalue weighted by Gasteiger charge is -2.35. The van der Waals surface area contributed by atoms with Crippen molar-refractivity contribution in [3.8, 4) is 0 Å². The third-order valence-electron chi connectivity index (χ3n) is 7.84. The van der Waals surface area contributed by atoms with Crippen LogP contribution in [0.25, 0.3) is 0 Å². The van der Waals surface area contributed by atoms with E-state index in [1.807, 2.05) is 0 Å². The molecule has 1 aromatic rings. The van der Waals surface area contributed by atoms with Crippen molar-refractivity contribution in [2.24, 2.45) is 0 Å². The molecule has 34 heavy (non-hydrogen) atoms. The first-order chi connectivity index (χ1) is 16.6. The van der Waals surface area contributed by atoms with Crippen LogP contribution in [-0.2, 0) is 0 Å². The summed E-state index contributed by atoms with van der Waals surface area (Å²) in [5.74, 6) is 1.42. The molecule has 4 rings (SSSR count). The summed E-state index contributed by atoms with van der Waals surface area (Å²) in [6.07, 6.45) is 32.7. The predicted octanol–water partition coefficient (Wildman–Crippen LogP) is 9.39. The van der Waals surface area contributed by atoms with E-state index in [1.54, 1.807) is 0 Å². The largest absolute Gasteiger partial charge is 0.329 e. The monoisotopic (exact) mass is 458 g/mol. The van der Waals surface area contributed by atoms with Gasteiger partial charge in [0.2, 0.25) is 0 Å². The molecule has 2 aliphatic carbocycles. The van der Waals surface area contributed by atoms with Crippen LogP contribution in [0.1, 0.15) is 107 Å². The van der Waals surface area contributed by atoms with Crippen LogP contribution in [0.3, 0.4) is 0 Å². The van der Waals surface area contributed by atoms with E-state index < -0.39 is 0 Å². The van der Waals surface area contributed by atoms with Gasteiger partial charge in [-0.2, -0.15) is 0 Å². The van der Waals surface area contributed by atoms with Gasteiger partial charge in [0.15, 0.2) is 0 Å². The zero-order valence-electron chi connectivity index (χ0n) is 22.0. The second kappa shape index (κ2) is 12.5. The molecular weight excluding hydrogens is 412 g/mol. The number of aryl methyl sites for hydroxylation is 3. The van der Waals surface area contributed by atoms with Crippen molar-refractivity contribution in [2.75, 3.05) is 4.90 Å². The summed E-state index contributed by atoms with van der Waals surface area (Å²) in [5.41, 5.74) is 6.94. The molecular formula is C32H46N2. The molecule has 1 aromatic carbocycles. The Morgan fingerprint density at radius 1 is 0.706 bits per heavy atom. The highest BCUT2D eigenvalue weighted by Crippen LogP contribution is 2.39. The fraction of sp³-hybridized carbons (Fsp3) is 0.562. The van der Waals surface area contributed by atoms with E-state index in [4.69, 9.17) is 0 Å². The van der Waals surface area contributed by atoms with Gasteiger partial charge in [-0.3, -0.25) is 0 Å². The summed E-state index contributed by atoms with van der Waals surface area (Å²) in [6.45, 7) is 6.77. The molecule has 2 nitrogen and oxygen atoms in total. The molecule has 0 unspecified atom stereocenters.